The van der Waals surface area contributed by atoms with E-state index in [1.165, 1.54) is 11.3 Å². The lowest BCUT2D eigenvalue weighted by Gasteiger charge is -2.30. The molecular weight excluding hydrogens is 208 g/mol. The second-order valence-corrected chi connectivity index (χ2v) is 5.44. The summed E-state index contributed by atoms with van der Waals surface area (Å²) >= 11 is 0. The third kappa shape index (κ3) is 4.04. The van der Waals surface area contributed by atoms with Crippen LogP contribution in [-0.2, 0) is 6.42 Å². The molecule has 1 aromatic rings. The topological polar surface area (TPSA) is 29.3 Å². The zero-order chi connectivity index (χ0) is 13.0. The van der Waals surface area contributed by atoms with Crippen LogP contribution in [0.2, 0.25) is 0 Å². The van der Waals surface area contributed by atoms with Gasteiger partial charge in [-0.3, -0.25) is 0 Å². The molecule has 2 unspecified atom stereocenters. The molecule has 0 spiro atoms. The van der Waals surface area contributed by atoms with E-state index in [1.54, 1.807) is 0 Å². The average molecular weight is 234 g/mol. The van der Waals surface area contributed by atoms with Gasteiger partial charge in [0.2, 0.25) is 0 Å². The summed E-state index contributed by atoms with van der Waals surface area (Å²) in [6.45, 7) is 8.82. The Morgan fingerprint density at radius 2 is 1.59 bits per heavy atom. The van der Waals surface area contributed by atoms with Crippen molar-refractivity contribution in [2.24, 2.45) is 11.7 Å². The number of nitrogens with zero attached hydrogens (tertiary/aromatic N) is 1. The minimum atomic E-state index is 0.230. The van der Waals surface area contributed by atoms with Crippen LogP contribution in [0.25, 0.3) is 0 Å². The van der Waals surface area contributed by atoms with Gasteiger partial charge in [-0.25, -0.2) is 0 Å². The van der Waals surface area contributed by atoms with Gasteiger partial charge in [-0.2, -0.15) is 0 Å². The lowest BCUT2D eigenvalue weighted by Crippen LogP contribution is -2.33. The molecule has 0 saturated carbocycles. The molecule has 2 nitrogen and oxygen atoms in total. The van der Waals surface area contributed by atoms with Crippen molar-refractivity contribution in [1.29, 1.82) is 0 Å². The fraction of sp³-hybridized carbons (Fsp3) is 0.600. The standard InChI is InChI=1S/C15H26N2/c1-11(2)13(4)17(5)15-8-6-14(7-9-15)10-12(3)16/h6-9,11-13H,10,16H2,1-5H3. The second kappa shape index (κ2) is 6.06. The van der Waals surface area contributed by atoms with E-state index >= 15 is 0 Å². The van der Waals surface area contributed by atoms with Gasteiger partial charge in [-0.05, 0) is 43.9 Å². The highest BCUT2D eigenvalue weighted by Gasteiger charge is 2.13. The van der Waals surface area contributed by atoms with E-state index in [0.717, 1.165) is 6.42 Å². The van der Waals surface area contributed by atoms with E-state index in [2.05, 4.69) is 57.0 Å². The molecule has 0 fully saturated rings. The van der Waals surface area contributed by atoms with E-state index in [-0.39, 0.29) is 6.04 Å². The molecule has 1 rings (SSSR count). The highest BCUT2D eigenvalue weighted by molar-refractivity contribution is 5.47. The molecule has 1 aromatic carbocycles. The first-order valence-electron chi connectivity index (χ1n) is 6.49. The van der Waals surface area contributed by atoms with Crippen molar-refractivity contribution in [1.82, 2.24) is 0 Å². The Kier molecular flexibility index (Phi) is 5.01. The van der Waals surface area contributed by atoms with E-state index < -0.39 is 0 Å². The molecule has 0 aliphatic rings. The molecule has 0 heterocycles. The largest absolute Gasteiger partial charge is 0.372 e. The fourth-order valence-electron chi connectivity index (χ4n) is 1.92. The normalized spacial score (nSPS) is 14.8. The minimum Gasteiger partial charge on any atom is -0.372 e. The Bertz CT molecular complexity index is 327. The van der Waals surface area contributed by atoms with Crippen LogP contribution in [0.5, 0.6) is 0 Å². The Hall–Kier alpha value is -1.02. The smallest absolute Gasteiger partial charge is 0.0366 e. The van der Waals surface area contributed by atoms with Gasteiger partial charge in [0, 0.05) is 24.8 Å². The molecule has 17 heavy (non-hydrogen) atoms. The number of hydrogen-bond acceptors (Lipinski definition) is 2. The summed E-state index contributed by atoms with van der Waals surface area (Å²) in [6, 6.07) is 9.53. The minimum absolute atomic E-state index is 0.230. The average Bonchev–Trinajstić information content (AvgIpc) is 2.27. The van der Waals surface area contributed by atoms with Gasteiger partial charge >= 0.3 is 0 Å². The zero-order valence-electron chi connectivity index (χ0n) is 11.8. The molecule has 0 amide bonds. The van der Waals surface area contributed by atoms with Crippen molar-refractivity contribution in [3.8, 4) is 0 Å². The van der Waals surface area contributed by atoms with Crippen molar-refractivity contribution < 1.29 is 0 Å². The number of hydrogen-bond donors (Lipinski definition) is 1. The van der Waals surface area contributed by atoms with E-state index in [4.69, 9.17) is 5.73 Å². The zero-order valence-corrected chi connectivity index (χ0v) is 11.8. The number of rotatable bonds is 5. The van der Waals surface area contributed by atoms with Gasteiger partial charge in [0.1, 0.15) is 0 Å². The van der Waals surface area contributed by atoms with Crippen LogP contribution in [0.3, 0.4) is 0 Å². The van der Waals surface area contributed by atoms with Crippen LogP contribution in [0, 0.1) is 5.92 Å². The molecule has 2 heteroatoms. The summed E-state index contributed by atoms with van der Waals surface area (Å²) in [7, 11) is 2.16. The first-order chi connectivity index (χ1) is 7.91. The highest BCUT2D eigenvalue weighted by Crippen LogP contribution is 2.20. The third-order valence-electron chi connectivity index (χ3n) is 3.48. The Morgan fingerprint density at radius 1 is 1.06 bits per heavy atom. The van der Waals surface area contributed by atoms with Gasteiger partial charge in [-0.1, -0.05) is 26.0 Å². The monoisotopic (exact) mass is 234 g/mol. The molecule has 0 aliphatic carbocycles. The molecule has 0 saturated heterocycles. The summed E-state index contributed by atoms with van der Waals surface area (Å²) < 4.78 is 0. The fourth-order valence-corrected chi connectivity index (χ4v) is 1.92. The van der Waals surface area contributed by atoms with Crippen LogP contribution in [0.1, 0.15) is 33.3 Å². The maximum Gasteiger partial charge on any atom is 0.0366 e. The van der Waals surface area contributed by atoms with Crippen LogP contribution >= 0.6 is 0 Å². The number of anilines is 1. The Balaban J connectivity index is 2.73. The predicted octanol–water partition coefficient (Wildman–Crippen LogP) is 3.06. The molecule has 0 bridgehead atoms. The molecule has 0 radical (unpaired) electrons. The van der Waals surface area contributed by atoms with Crippen molar-refractivity contribution in [3.63, 3.8) is 0 Å². The quantitative estimate of drug-likeness (QED) is 0.848. The number of benzene rings is 1. The van der Waals surface area contributed by atoms with Gasteiger partial charge in [0.15, 0.2) is 0 Å². The van der Waals surface area contributed by atoms with Crippen LogP contribution in [0.15, 0.2) is 24.3 Å². The second-order valence-electron chi connectivity index (χ2n) is 5.44. The van der Waals surface area contributed by atoms with E-state index in [9.17, 15) is 0 Å². The number of nitrogens with two attached hydrogens (primary N) is 1. The summed E-state index contributed by atoms with van der Waals surface area (Å²) in [4.78, 5) is 2.33. The van der Waals surface area contributed by atoms with Gasteiger partial charge in [0.05, 0.1) is 0 Å². The SMILES string of the molecule is CC(N)Cc1ccc(N(C)C(C)C(C)C)cc1. The van der Waals surface area contributed by atoms with Crippen molar-refractivity contribution in [2.75, 3.05) is 11.9 Å². The van der Waals surface area contributed by atoms with Crippen molar-refractivity contribution >= 4 is 5.69 Å². The van der Waals surface area contributed by atoms with Gasteiger partial charge in [-0.15, -0.1) is 0 Å². The third-order valence-corrected chi connectivity index (χ3v) is 3.48. The lowest BCUT2D eigenvalue weighted by atomic mass is 10.0. The molecular formula is C15H26N2. The molecule has 2 atom stereocenters. The lowest BCUT2D eigenvalue weighted by molar-refractivity contribution is 0.505. The summed E-state index contributed by atoms with van der Waals surface area (Å²) in [6.07, 6.45) is 0.948. The Morgan fingerprint density at radius 3 is 2.00 bits per heavy atom. The summed E-state index contributed by atoms with van der Waals surface area (Å²) in [5.74, 6) is 0.656. The maximum absolute atomic E-state index is 5.80. The van der Waals surface area contributed by atoms with Crippen LogP contribution < -0.4 is 10.6 Å². The van der Waals surface area contributed by atoms with Crippen molar-refractivity contribution in [3.05, 3.63) is 29.8 Å². The van der Waals surface area contributed by atoms with Crippen LogP contribution in [0.4, 0.5) is 5.69 Å². The van der Waals surface area contributed by atoms with Crippen molar-refractivity contribution in [2.45, 2.75) is 46.2 Å². The van der Waals surface area contributed by atoms with E-state index in [0.29, 0.717) is 12.0 Å². The predicted molar refractivity (Wildman–Crippen MR) is 76.5 cm³/mol. The molecule has 96 valence electrons. The Labute approximate surface area is 106 Å². The first-order valence-corrected chi connectivity index (χ1v) is 6.49. The molecule has 0 aliphatic heterocycles. The van der Waals surface area contributed by atoms with Gasteiger partial charge < -0.3 is 10.6 Å². The van der Waals surface area contributed by atoms with Crippen LogP contribution in [-0.4, -0.2) is 19.1 Å². The molecule has 2 N–H and O–H groups in total. The molecule has 0 aromatic heterocycles. The summed E-state index contributed by atoms with van der Waals surface area (Å²) in [5, 5.41) is 0. The van der Waals surface area contributed by atoms with Gasteiger partial charge in [0.25, 0.3) is 0 Å². The van der Waals surface area contributed by atoms with E-state index in [1.807, 2.05) is 6.92 Å². The highest BCUT2D eigenvalue weighted by atomic mass is 15.1. The summed E-state index contributed by atoms with van der Waals surface area (Å²) in [5.41, 5.74) is 8.39. The maximum atomic E-state index is 5.80. The first kappa shape index (κ1) is 14.0.